The topological polar surface area (TPSA) is 55.1 Å². The van der Waals surface area contributed by atoms with Crippen LogP contribution in [-0.2, 0) is 17.4 Å². The molecule has 0 aromatic heterocycles. The van der Waals surface area contributed by atoms with Gasteiger partial charge in [0.15, 0.2) is 0 Å². The van der Waals surface area contributed by atoms with Gasteiger partial charge in [-0.25, -0.2) is 0 Å². The normalized spacial score (nSPS) is 13.5. The van der Waals surface area contributed by atoms with Crippen molar-refractivity contribution in [2.75, 3.05) is 0 Å². The summed E-state index contributed by atoms with van der Waals surface area (Å²) in [5, 5.41) is 2.79. The number of benzene rings is 2. The van der Waals surface area contributed by atoms with Gasteiger partial charge in [0.05, 0.1) is 5.56 Å². The first kappa shape index (κ1) is 21.0. The van der Waals surface area contributed by atoms with Gasteiger partial charge in [0.1, 0.15) is 6.04 Å². The highest BCUT2D eigenvalue weighted by atomic mass is 35.5. The van der Waals surface area contributed by atoms with E-state index < -0.39 is 17.8 Å². The van der Waals surface area contributed by atoms with Crippen molar-refractivity contribution in [1.82, 2.24) is 5.32 Å². The number of carbonyl (C=O) groups is 1. The van der Waals surface area contributed by atoms with Crippen LogP contribution in [0.3, 0.4) is 0 Å². The smallest absolute Gasteiger partial charge is 0.352 e. The summed E-state index contributed by atoms with van der Waals surface area (Å²) in [6.45, 7) is 1.79. The average molecular weight is 373 g/mol. The molecule has 0 aliphatic rings. The molecule has 0 bridgehead atoms. The SMILES string of the molecule is CC(Cc1ccc(C(F)(F)F)cc1)NC(=O)C(N)c1ccccc1.Cl. The van der Waals surface area contributed by atoms with Crippen LogP contribution in [0.15, 0.2) is 54.6 Å². The van der Waals surface area contributed by atoms with Crippen LogP contribution in [0.5, 0.6) is 0 Å². The molecule has 0 spiro atoms. The molecule has 2 aromatic carbocycles. The fraction of sp³-hybridized carbons (Fsp3) is 0.278. The molecular weight excluding hydrogens is 353 g/mol. The number of rotatable bonds is 5. The van der Waals surface area contributed by atoms with Gasteiger partial charge in [-0.05, 0) is 36.6 Å². The number of halogens is 4. The number of alkyl halides is 3. The van der Waals surface area contributed by atoms with Crippen LogP contribution in [0.1, 0.15) is 29.7 Å². The van der Waals surface area contributed by atoms with Gasteiger partial charge in [-0.1, -0.05) is 42.5 Å². The van der Waals surface area contributed by atoms with E-state index in [1.54, 1.807) is 31.2 Å². The zero-order valence-electron chi connectivity index (χ0n) is 13.6. The lowest BCUT2D eigenvalue weighted by Crippen LogP contribution is -2.40. The van der Waals surface area contributed by atoms with E-state index in [2.05, 4.69) is 5.32 Å². The molecule has 0 radical (unpaired) electrons. The Morgan fingerprint density at radius 2 is 1.64 bits per heavy atom. The van der Waals surface area contributed by atoms with Gasteiger partial charge in [0.25, 0.3) is 0 Å². The standard InChI is InChI=1S/C18H19F3N2O.ClH/c1-12(11-13-7-9-15(10-8-13)18(19,20)21)23-17(24)16(22)14-5-3-2-4-6-14;/h2-10,12,16H,11,22H2,1H3,(H,23,24);1H. The number of hydrogen-bond donors (Lipinski definition) is 2. The molecule has 0 aliphatic heterocycles. The lowest BCUT2D eigenvalue weighted by atomic mass is 10.0. The summed E-state index contributed by atoms with van der Waals surface area (Å²) in [5.41, 5.74) is 6.64. The molecule has 0 saturated carbocycles. The molecule has 2 rings (SSSR count). The van der Waals surface area contributed by atoms with Gasteiger partial charge in [0, 0.05) is 6.04 Å². The Bertz CT molecular complexity index is 675. The summed E-state index contributed by atoms with van der Waals surface area (Å²) in [6.07, 6.45) is -3.92. The lowest BCUT2D eigenvalue weighted by Gasteiger charge is -2.18. The summed E-state index contributed by atoms with van der Waals surface area (Å²) < 4.78 is 37.6. The zero-order valence-corrected chi connectivity index (χ0v) is 14.4. The first-order valence-corrected chi connectivity index (χ1v) is 7.54. The minimum atomic E-state index is -4.35. The van der Waals surface area contributed by atoms with Gasteiger partial charge < -0.3 is 11.1 Å². The van der Waals surface area contributed by atoms with Gasteiger partial charge >= 0.3 is 6.18 Å². The summed E-state index contributed by atoms with van der Waals surface area (Å²) >= 11 is 0. The van der Waals surface area contributed by atoms with Gasteiger partial charge in [-0.2, -0.15) is 13.2 Å². The summed E-state index contributed by atoms with van der Waals surface area (Å²) in [6, 6.07) is 12.9. The molecule has 136 valence electrons. The van der Waals surface area contributed by atoms with Crippen molar-refractivity contribution in [3.63, 3.8) is 0 Å². The lowest BCUT2D eigenvalue weighted by molar-refractivity contribution is -0.137. The predicted octanol–water partition coefficient (Wildman–Crippen LogP) is 3.87. The fourth-order valence-corrected chi connectivity index (χ4v) is 2.38. The highest BCUT2D eigenvalue weighted by Gasteiger charge is 2.30. The highest BCUT2D eigenvalue weighted by molar-refractivity contribution is 5.85. The van der Waals surface area contributed by atoms with Crippen LogP contribution < -0.4 is 11.1 Å². The van der Waals surface area contributed by atoms with E-state index in [-0.39, 0.29) is 24.4 Å². The summed E-state index contributed by atoms with van der Waals surface area (Å²) in [4.78, 5) is 12.1. The molecule has 0 fully saturated rings. The molecule has 7 heteroatoms. The molecule has 2 unspecified atom stereocenters. The molecule has 1 amide bonds. The summed E-state index contributed by atoms with van der Waals surface area (Å²) in [5.74, 6) is -0.319. The number of nitrogens with one attached hydrogen (secondary N) is 1. The van der Waals surface area contributed by atoms with Crippen LogP contribution in [-0.4, -0.2) is 11.9 Å². The average Bonchev–Trinajstić information content (AvgIpc) is 2.54. The van der Waals surface area contributed by atoms with Crippen LogP contribution in [0.2, 0.25) is 0 Å². The fourth-order valence-electron chi connectivity index (χ4n) is 2.38. The van der Waals surface area contributed by atoms with Crippen LogP contribution in [0.25, 0.3) is 0 Å². The molecule has 0 aliphatic carbocycles. The van der Waals surface area contributed by atoms with E-state index in [4.69, 9.17) is 5.73 Å². The van der Waals surface area contributed by atoms with Crippen molar-refractivity contribution in [3.05, 3.63) is 71.3 Å². The van der Waals surface area contributed by atoms with Crippen LogP contribution in [0, 0.1) is 0 Å². The van der Waals surface area contributed by atoms with Gasteiger partial charge in [0.2, 0.25) is 5.91 Å². The number of nitrogens with two attached hydrogens (primary N) is 1. The minimum Gasteiger partial charge on any atom is -0.352 e. The van der Waals surface area contributed by atoms with E-state index in [0.717, 1.165) is 12.1 Å². The maximum Gasteiger partial charge on any atom is 0.416 e. The Morgan fingerprint density at radius 1 is 1.08 bits per heavy atom. The number of amides is 1. The van der Waals surface area contributed by atoms with Crippen LogP contribution in [0.4, 0.5) is 13.2 Å². The minimum absolute atomic E-state index is 0. The molecule has 2 aromatic rings. The maximum atomic E-state index is 12.5. The van der Waals surface area contributed by atoms with E-state index in [1.165, 1.54) is 12.1 Å². The first-order chi connectivity index (χ1) is 11.3. The Morgan fingerprint density at radius 3 is 2.16 bits per heavy atom. The second kappa shape index (κ2) is 8.87. The van der Waals surface area contributed by atoms with Gasteiger partial charge in [-0.3, -0.25) is 4.79 Å². The molecule has 3 nitrogen and oxygen atoms in total. The van der Waals surface area contributed by atoms with Crippen molar-refractivity contribution in [3.8, 4) is 0 Å². The molecular formula is C18H20ClF3N2O. The Hall–Kier alpha value is -2.05. The zero-order chi connectivity index (χ0) is 17.7. The molecule has 25 heavy (non-hydrogen) atoms. The third-order valence-electron chi connectivity index (χ3n) is 3.65. The maximum absolute atomic E-state index is 12.5. The third-order valence-corrected chi connectivity index (χ3v) is 3.65. The largest absolute Gasteiger partial charge is 0.416 e. The quantitative estimate of drug-likeness (QED) is 0.837. The van der Waals surface area contributed by atoms with E-state index >= 15 is 0 Å². The Balaban J connectivity index is 0.00000312. The molecule has 0 heterocycles. The van der Waals surface area contributed by atoms with Crippen molar-refractivity contribution in [2.24, 2.45) is 5.73 Å². The van der Waals surface area contributed by atoms with E-state index in [9.17, 15) is 18.0 Å². The van der Waals surface area contributed by atoms with Gasteiger partial charge in [-0.15, -0.1) is 12.4 Å². The second-order valence-electron chi connectivity index (χ2n) is 5.70. The van der Waals surface area contributed by atoms with E-state index in [1.807, 2.05) is 6.07 Å². The molecule has 2 atom stereocenters. The highest BCUT2D eigenvalue weighted by Crippen LogP contribution is 2.29. The van der Waals surface area contributed by atoms with Crippen molar-refractivity contribution < 1.29 is 18.0 Å². The third kappa shape index (κ3) is 6.07. The number of carbonyl (C=O) groups excluding carboxylic acids is 1. The van der Waals surface area contributed by atoms with Crippen molar-refractivity contribution in [1.29, 1.82) is 0 Å². The number of hydrogen-bond acceptors (Lipinski definition) is 2. The summed E-state index contributed by atoms with van der Waals surface area (Å²) in [7, 11) is 0. The predicted molar refractivity (Wildman–Crippen MR) is 93.4 cm³/mol. The van der Waals surface area contributed by atoms with Crippen molar-refractivity contribution in [2.45, 2.75) is 31.6 Å². The second-order valence-corrected chi connectivity index (χ2v) is 5.70. The van der Waals surface area contributed by atoms with E-state index in [0.29, 0.717) is 17.5 Å². The Labute approximate surface area is 150 Å². The molecule has 0 saturated heterocycles. The van der Waals surface area contributed by atoms with Crippen LogP contribution >= 0.6 is 12.4 Å². The van der Waals surface area contributed by atoms with Crippen molar-refractivity contribution >= 4 is 18.3 Å². The molecule has 3 N–H and O–H groups in total. The monoisotopic (exact) mass is 372 g/mol. The first-order valence-electron chi connectivity index (χ1n) is 7.54. The Kier molecular flexibility index (Phi) is 7.45.